The van der Waals surface area contributed by atoms with Crippen LogP contribution in [0.4, 0.5) is 0 Å². The number of piperidine rings is 1. The van der Waals surface area contributed by atoms with Crippen LogP contribution in [0.25, 0.3) is 0 Å². The third-order valence-electron chi connectivity index (χ3n) is 2.75. The second-order valence-corrected chi connectivity index (χ2v) is 3.97. The van der Waals surface area contributed by atoms with Crippen molar-refractivity contribution in [2.45, 2.75) is 19.4 Å². The standard InChI is InChI=1S/C10H15N3O2/c14-9-3-5-13(10(15)12-9)7-8-2-1-4-11-6-8/h3,5,8,11H,1-2,4,6-7H2,(H,12,14,15). The average molecular weight is 209 g/mol. The SMILES string of the molecule is O=c1ccn(CC2CCCNC2)c(=O)[nH]1. The number of hydrogen-bond acceptors (Lipinski definition) is 3. The predicted octanol–water partition coefficient (Wildman–Crippen LogP) is -0.464. The molecule has 5 heteroatoms. The maximum atomic E-state index is 11.4. The van der Waals surface area contributed by atoms with Crippen LogP contribution in [-0.4, -0.2) is 22.6 Å². The zero-order valence-corrected chi connectivity index (χ0v) is 8.53. The summed E-state index contributed by atoms with van der Waals surface area (Å²) >= 11 is 0. The Morgan fingerprint density at radius 2 is 2.33 bits per heavy atom. The molecule has 0 radical (unpaired) electrons. The molecule has 1 aliphatic rings. The maximum absolute atomic E-state index is 11.4. The van der Waals surface area contributed by atoms with Crippen molar-refractivity contribution >= 4 is 0 Å². The van der Waals surface area contributed by atoms with Crippen molar-refractivity contribution in [2.24, 2.45) is 5.92 Å². The largest absolute Gasteiger partial charge is 0.328 e. The minimum Gasteiger partial charge on any atom is -0.316 e. The van der Waals surface area contributed by atoms with Crippen LogP contribution in [0.15, 0.2) is 21.9 Å². The van der Waals surface area contributed by atoms with Crippen LogP contribution in [0.2, 0.25) is 0 Å². The quantitative estimate of drug-likeness (QED) is 0.692. The molecule has 1 aromatic rings. The summed E-state index contributed by atoms with van der Waals surface area (Å²) in [5.41, 5.74) is -0.647. The van der Waals surface area contributed by atoms with E-state index in [4.69, 9.17) is 0 Å². The van der Waals surface area contributed by atoms with Gasteiger partial charge in [0.05, 0.1) is 0 Å². The molecule has 1 saturated heterocycles. The summed E-state index contributed by atoms with van der Waals surface area (Å²) < 4.78 is 1.57. The van der Waals surface area contributed by atoms with E-state index < -0.39 is 0 Å². The Bertz CT molecular complexity index is 429. The highest BCUT2D eigenvalue weighted by molar-refractivity contribution is 4.83. The summed E-state index contributed by atoms with van der Waals surface area (Å²) in [4.78, 5) is 24.5. The number of aromatic nitrogens is 2. The Morgan fingerprint density at radius 3 is 3.00 bits per heavy atom. The van der Waals surface area contributed by atoms with Gasteiger partial charge >= 0.3 is 5.69 Å². The molecule has 0 spiro atoms. The summed E-state index contributed by atoms with van der Waals surface area (Å²) in [5.74, 6) is 0.488. The number of nitrogens with zero attached hydrogens (tertiary/aromatic N) is 1. The first-order chi connectivity index (χ1) is 7.25. The van der Waals surface area contributed by atoms with Crippen LogP contribution >= 0.6 is 0 Å². The summed E-state index contributed by atoms with van der Waals surface area (Å²) in [6.45, 7) is 2.70. The summed E-state index contributed by atoms with van der Waals surface area (Å²) in [6, 6.07) is 1.39. The molecule has 0 aromatic carbocycles. The first-order valence-electron chi connectivity index (χ1n) is 5.26. The monoisotopic (exact) mass is 209 g/mol. The third-order valence-corrected chi connectivity index (χ3v) is 2.75. The molecule has 82 valence electrons. The van der Waals surface area contributed by atoms with Gasteiger partial charge in [-0.15, -0.1) is 0 Å². The van der Waals surface area contributed by atoms with Crippen molar-refractivity contribution in [2.75, 3.05) is 13.1 Å². The van der Waals surface area contributed by atoms with Gasteiger partial charge in [0.2, 0.25) is 0 Å². The van der Waals surface area contributed by atoms with E-state index in [1.165, 1.54) is 6.07 Å². The normalized spacial score (nSPS) is 21.5. The summed E-state index contributed by atoms with van der Waals surface area (Å²) in [7, 11) is 0. The van der Waals surface area contributed by atoms with Crippen LogP contribution in [0, 0.1) is 5.92 Å². The second-order valence-electron chi connectivity index (χ2n) is 3.97. The molecule has 2 rings (SSSR count). The molecular weight excluding hydrogens is 194 g/mol. The molecule has 2 heterocycles. The molecule has 1 unspecified atom stereocenters. The zero-order valence-electron chi connectivity index (χ0n) is 8.53. The Kier molecular flexibility index (Phi) is 3.01. The van der Waals surface area contributed by atoms with Gasteiger partial charge in [-0.05, 0) is 31.8 Å². The van der Waals surface area contributed by atoms with Crippen molar-refractivity contribution < 1.29 is 0 Å². The Labute approximate surface area is 87.1 Å². The van der Waals surface area contributed by atoms with Gasteiger partial charge in [0.1, 0.15) is 0 Å². The molecule has 0 saturated carbocycles. The molecular formula is C10H15N3O2. The molecule has 0 amide bonds. The molecule has 1 atom stereocenters. The van der Waals surface area contributed by atoms with Crippen molar-refractivity contribution in [1.82, 2.24) is 14.9 Å². The van der Waals surface area contributed by atoms with Crippen LogP contribution in [0.1, 0.15) is 12.8 Å². The fraction of sp³-hybridized carbons (Fsp3) is 0.600. The van der Waals surface area contributed by atoms with Gasteiger partial charge < -0.3 is 9.88 Å². The number of H-pyrrole nitrogens is 1. The molecule has 1 aromatic heterocycles. The van der Waals surface area contributed by atoms with E-state index in [9.17, 15) is 9.59 Å². The molecule has 15 heavy (non-hydrogen) atoms. The highest BCUT2D eigenvalue weighted by Crippen LogP contribution is 2.10. The fourth-order valence-corrected chi connectivity index (χ4v) is 1.95. The van der Waals surface area contributed by atoms with E-state index in [0.29, 0.717) is 12.5 Å². The van der Waals surface area contributed by atoms with Crippen LogP contribution in [-0.2, 0) is 6.54 Å². The molecule has 0 aliphatic carbocycles. The zero-order chi connectivity index (χ0) is 10.7. The van der Waals surface area contributed by atoms with Gasteiger partial charge in [-0.2, -0.15) is 0 Å². The van der Waals surface area contributed by atoms with Crippen molar-refractivity contribution in [3.63, 3.8) is 0 Å². The van der Waals surface area contributed by atoms with Crippen molar-refractivity contribution in [1.29, 1.82) is 0 Å². The molecule has 2 N–H and O–H groups in total. The minimum atomic E-state index is -0.335. The van der Waals surface area contributed by atoms with Crippen LogP contribution in [0.3, 0.4) is 0 Å². The van der Waals surface area contributed by atoms with E-state index in [0.717, 1.165) is 25.9 Å². The van der Waals surface area contributed by atoms with Gasteiger partial charge in [0, 0.05) is 18.8 Å². The Hall–Kier alpha value is -1.36. The lowest BCUT2D eigenvalue weighted by Gasteiger charge is -2.22. The summed E-state index contributed by atoms with van der Waals surface area (Å²) in [6.07, 6.45) is 3.86. The molecule has 1 aliphatic heterocycles. The van der Waals surface area contributed by atoms with E-state index in [2.05, 4.69) is 10.3 Å². The van der Waals surface area contributed by atoms with Gasteiger partial charge in [-0.3, -0.25) is 9.78 Å². The van der Waals surface area contributed by atoms with E-state index in [1.54, 1.807) is 10.8 Å². The van der Waals surface area contributed by atoms with Gasteiger partial charge in [-0.25, -0.2) is 4.79 Å². The molecule has 0 bridgehead atoms. The third kappa shape index (κ3) is 2.56. The minimum absolute atomic E-state index is 0.312. The van der Waals surface area contributed by atoms with Gasteiger partial charge in [0.15, 0.2) is 0 Å². The number of hydrogen-bond donors (Lipinski definition) is 2. The van der Waals surface area contributed by atoms with Crippen LogP contribution < -0.4 is 16.6 Å². The van der Waals surface area contributed by atoms with Gasteiger partial charge in [0.25, 0.3) is 5.56 Å². The lowest BCUT2D eigenvalue weighted by atomic mass is 10.00. The Morgan fingerprint density at radius 1 is 1.47 bits per heavy atom. The summed E-state index contributed by atoms with van der Waals surface area (Å²) in [5, 5.41) is 3.30. The van der Waals surface area contributed by atoms with Crippen LogP contribution in [0.5, 0.6) is 0 Å². The lowest BCUT2D eigenvalue weighted by Crippen LogP contribution is -2.36. The first kappa shape index (κ1) is 10.2. The fourth-order valence-electron chi connectivity index (χ4n) is 1.95. The topological polar surface area (TPSA) is 66.9 Å². The maximum Gasteiger partial charge on any atom is 0.328 e. The smallest absolute Gasteiger partial charge is 0.316 e. The first-order valence-corrected chi connectivity index (χ1v) is 5.26. The second kappa shape index (κ2) is 4.44. The predicted molar refractivity (Wildman–Crippen MR) is 56.9 cm³/mol. The molecule has 5 nitrogen and oxygen atoms in total. The van der Waals surface area contributed by atoms with E-state index >= 15 is 0 Å². The van der Waals surface area contributed by atoms with Crippen molar-refractivity contribution in [3.8, 4) is 0 Å². The highest BCUT2D eigenvalue weighted by atomic mass is 16.2. The number of rotatable bonds is 2. The molecule has 1 fully saturated rings. The van der Waals surface area contributed by atoms with Gasteiger partial charge in [-0.1, -0.05) is 0 Å². The Balaban J connectivity index is 2.09. The highest BCUT2D eigenvalue weighted by Gasteiger charge is 2.13. The van der Waals surface area contributed by atoms with E-state index in [-0.39, 0.29) is 11.2 Å². The average Bonchev–Trinajstić information content (AvgIpc) is 2.24. The number of aromatic amines is 1. The van der Waals surface area contributed by atoms with E-state index in [1.807, 2.05) is 0 Å². The van der Waals surface area contributed by atoms with Crippen molar-refractivity contribution in [3.05, 3.63) is 33.1 Å². The number of nitrogens with one attached hydrogen (secondary N) is 2. The lowest BCUT2D eigenvalue weighted by molar-refractivity contribution is 0.332.